The second-order valence-electron chi connectivity index (χ2n) is 5.12. The highest BCUT2D eigenvalue weighted by Gasteiger charge is 2.27. The van der Waals surface area contributed by atoms with Crippen LogP contribution in [0.4, 0.5) is 0 Å². The summed E-state index contributed by atoms with van der Waals surface area (Å²) in [6.07, 6.45) is 2.60. The molecule has 22 heavy (non-hydrogen) atoms. The maximum Gasteiger partial charge on any atom is 0.258 e. The van der Waals surface area contributed by atoms with E-state index in [1.165, 1.54) is 7.11 Å². The lowest BCUT2D eigenvalue weighted by Gasteiger charge is -2.17. The summed E-state index contributed by atoms with van der Waals surface area (Å²) in [5, 5.41) is 0.538. The molecular weight excluding hydrogens is 302 g/mol. The smallest absolute Gasteiger partial charge is 0.258 e. The summed E-state index contributed by atoms with van der Waals surface area (Å²) in [5.41, 5.74) is 2.43. The van der Waals surface area contributed by atoms with Crippen molar-refractivity contribution in [2.45, 2.75) is 26.4 Å². The van der Waals surface area contributed by atoms with Gasteiger partial charge in [0.1, 0.15) is 11.6 Å². The van der Waals surface area contributed by atoms with Crippen LogP contribution < -0.4 is 4.74 Å². The average Bonchev–Trinajstić information content (AvgIpc) is 2.96. The molecule has 0 fully saturated rings. The average molecular weight is 318 g/mol. The highest BCUT2D eigenvalue weighted by Crippen LogP contribution is 2.28. The summed E-state index contributed by atoms with van der Waals surface area (Å²) in [7, 11) is 1.53. The van der Waals surface area contributed by atoms with Crippen molar-refractivity contribution in [2.24, 2.45) is 0 Å². The molecule has 0 bridgehead atoms. The van der Waals surface area contributed by atoms with E-state index in [1.54, 1.807) is 23.1 Å². The Bertz CT molecular complexity index is 733. The molecule has 0 atom stereocenters. The van der Waals surface area contributed by atoms with E-state index in [9.17, 15) is 4.79 Å². The number of aromatic nitrogens is 2. The van der Waals surface area contributed by atoms with Crippen molar-refractivity contribution in [3.8, 4) is 5.75 Å². The Labute approximate surface area is 133 Å². The third-order valence-corrected chi connectivity index (χ3v) is 3.94. The Morgan fingerprint density at radius 2 is 2.23 bits per heavy atom. The molecule has 2 heterocycles. The summed E-state index contributed by atoms with van der Waals surface area (Å²) in [6.45, 7) is 3.03. The molecule has 6 heteroatoms. The van der Waals surface area contributed by atoms with Crippen molar-refractivity contribution >= 4 is 17.5 Å². The van der Waals surface area contributed by atoms with E-state index in [-0.39, 0.29) is 5.91 Å². The molecule has 0 saturated carbocycles. The number of methoxy groups -OCH3 is 1. The molecule has 1 aliphatic rings. The minimum atomic E-state index is -0.0930. The van der Waals surface area contributed by atoms with Crippen LogP contribution in [-0.2, 0) is 19.5 Å². The summed E-state index contributed by atoms with van der Waals surface area (Å²) in [4.78, 5) is 23.2. The van der Waals surface area contributed by atoms with Gasteiger partial charge in [0.25, 0.3) is 5.91 Å². The number of carbonyl (C=O) groups excluding carboxylic acids is 1. The minimum Gasteiger partial charge on any atom is -0.496 e. The molecule has 0 N–H and O–H groups in total. The summed E-state index contributed by atoms with van der Waals surface area (Å²) >= 11 is 5.94. The Morgan fingerprint density at radius 1 is 1.41 bits per heavy atom. The first-order chi connectivity index (χ1) is 10.6. The van der Waals surface area contributed by atoms with Crippen LogP contribution in [0.15, 0.2) is 24.4 Å². The Hall–Kier alpha value is -2.14. The lowest BCUT2D eigenvalue weighted by atomic mass is 10.1. The van der Waals surface area contributed by atoms with Crippen molar-refractivity contribution in [1.29, 1.82) is 0 Å². The molecule has 114 valence electrons. The zero-order valence-electron chi connectivity index (χ0n) is 12.5. The first-order valence-electron chi connectivity index (χ1n) is 7.09. The maximum absolute atomic E-state index is 12.7. The molecule has 0 spiro atoms. The number of rotatable bonds is 3. The summed E-state index contributed by atoms with van der Waals surface area (Å²) < 4.78 is 5.26. The monoisotopic (exact) mass is 317 g/mol. The largest absolute Gasteiger partial charge is 0.496 e. The van der Waals surface area contributed by atoms with E-state index in [0.717, 1.165) is 23.5 Å². The van der Waals surface area contributed by atoms with Crippen molar-refractivity contribution in [3.05, 3.63) is 52.1 Å². The SMILES string of the molecule is CCc1ncc2c(n1)CN(C(=O)c1ccc(Cl)cc1OC)C2. The molecule has 3 rings (SSSR count). The molecule has 5 nitrogen and oxygen atoms in total. The molecule has 0 unspecified atom stereocenters. The van der Waals surface area contributed by atoms with Crippen LogP contribution in [-0.4, -0.2) is 27.9 Å². The molecule has 0 saturated heterocycles. The van der Waals surface area contributed by atoms with Gasteiger partial charge in [-0.2, -0.15) is 0 Å². The van der Waals surface area contributed by atoms with E-state index >= 15 is 0 Å². The van der Waals surface area contributed by atoms with Crippen LogP contribution in [0.25, 0.3) is 0 Å². The van der Waals surface area contributed by atoms with Crippen LogP contribution in [0.1, 0.15) is 34.4 Å². The maximum atomic E-state index is 12.7. The van der Waals surface area contributed by atoms with Gasteiger partial charge in [-0.1, -0.05) is 18.5 Å². The fraction of sp³-hybridized carbons (Fsp3) is 0.312. The van der Waals surface area contributed by atoms with Crippen molar-refractivity contribution < 1.29 is 9.53 Å². The number of hydrogen-bond donors (Lipinski definition) is 0. The Kier molecular flexibility index (Phi) is 3.98. The van der Waals surface area contributed by atoms with Gasteiger partial charge in [-0.15, -0.1) is 0 Å². The predicted molar refractivity (Wildman–Crippen MR) is 83.0 cm³/mol. The Morgan fingerprint density at radius 3 is 2.95 bits per heavy atom. The lowest BCUT2D eigenvalue weighted by molar-refractivity contribution is 0.0747. The first kappa shape index (κ1) is 14.8. The quantitative estimate of drug-likeness (QED) is 0.873. The number of amides is 1. The molecular formula is C16H16ClN3O2. The third kappa shape index (κ3) is 2.64. The highest BCUT2D eigenvalue weighted by molar-refractivity contribution is 6.30. The number of ether oxygens (including phenoxy) is 1. The van der Waals surface area contributed by atoms with E-state index < -0.39 is 0 Å². The molecule has 0 aliphatic carbocycles. The second-order valence-corrected chi connectivity index (χ2v) is 5.55. The number of benzene rings is 1. The van der Waals surface area contributed by atoms with Crippen molar-refractivity contribution in [2.75, 3.05) is 7.11 Å². The normalized spacial score (nSPS) is 13.1. The second kappa shape index (κ2) is 5.93. The number of aryl methyl sites for hydroxylation is 1. The molecule has 1 aromatic carbocycles. The van der Waals surface area contributed by atoms with Crippen LogP contribution in [0.5, 0.6) is 5.75 Å². The van der Waals surface area contributed by atoms with Crippen molar-refractivity contribution in [3.63, 3.8) is 0 Å². The number of halogens is 1. The molecule has 0 radical (unpaired) electrons. The number of nitrogens with zero attached hydrogens (tertiary/aromatic N) is 3. The van der Waals surface area contributed by atoms with Crippen molar-refractivity contribution in [1.82, 2.24) is 14.9 Å². The van der Waals surface area contributed by atoms with E-state index in [1.807, 2.05) is 13.1 Å². The predicted octanol–water partition coefficient (Wildman–Crippen LogP) is 2.86. The van der Waals surface area contributed by atoms with Gasteiger partial charge in [-0.25, -0.2) is 9.97 Å². The molecule has 1 amide bonds. The van der Waals surface area contributed by atoms with E-state index in [4.69, 9.17) is 16.3 Å². The van der Waals surface area contributed by atoms with Gasteiger partial charge in [0.15, 0.2) is 0 Å². The van der Waals surface area contributed by atoms with Gasteiger partial charge < -0.3 is 9.64 Å². The van der Waals surface area contributed by atoms with Crippen LogP contribution in [0.3, 0.4) is 0 Å². The number of carbonyl (C=O) groups is 1. The van der Waals surface area contributed by atoms with Crippen LogP contribution in [0.2, 0.25) is 5.02 Å². The fourth-order valence-electron chi connectivity index (χ4n) is 2.52. The topological polar surface area (TPSA) is 55.3 Å². The number of hydrogen-bond acceptors (Lipinski definition) is 4. The first-order valence-corrected chi connectivity index (χ1v) is 7.46. The summed E-state index contributed by atoms with van der Waals surface area (Å²) in [6, 6.07) is 5.03. The zero-order chi connectivity index (χ0) is 15.7. The van der Waals surface area contributed by atoms with Gasteiger partial charge in [0, 0.05) is 29.7 Å². The highest BCUT2D eigenvalue weighted by atomic mass is 35.5. The lowest BCUT2D eigenvalue weighted by Crippen LogP contribution is -2.25. The van der Waals surface area contributed by atoms with Crippen LogP contribution >= 0.6 is 11.6 Å². The van der Waals surface area contributed by atoms with Gasteiger partial charge in [-0.3, -0.25) is 4.79 Å². The standard InChI is InChI=1S/C16H16ClN3O2/c1-3-15-18-7-10-8-20(9-13(10)19-15)16(21)12-5-4-11(17)6-14(12)22-2/h4-7H,3,8-9H2,1-2H3. The minimum absolute atomic E-state index is 0.0930. The molecule has 2 aromatic rings. The molecule has 1 aromatic heterocycles. The van der Waals surface area contributed by atoms with Gasteiger partial charge in [0.2, 0.25) is 0 Å². The Balaban J connectivity index is 1.86. The fourth-order valence-corrected chi connectivity index (χ4v) is 2.68. The summed E-state index contributed by atoms with van der Waals surface area (Å²) in [5.74, 6) is 1.19. The van der Waals surface area contributed by atoms with Gasteiger partial charge >= 0.3 is 0 Å². The number of fused-ring (bicyclic) bond motifs is 1. The van der Waals surface area contributed by atoms with Gasteiger partial charge in [-0.05, 0) is 18.2 Å². The molecule has 1 aliphatic heterocycles. The third-order valence-electron chi connectivity index (χ3n) is 3.70. The van der Waals surface area contributed by atoms with E-state index in [2.05, 4.69) is 9.97 Å². The van der Waals surface area contributed by atoms with Gasteiger partial charge in [0.05, 0.1) is 24.9 Å². The van der Waals surface area contributed by atoms with E-state index in [0.29, 0.717) is 29.4 Å². The van der Waals surface area contributed by atoms with Crippen LogP contribution in [0, 0.1) is 0 Å². The zero-order valence-corrected chi connectivity index (χ0v) is 13.2.